The van der Waals surface area contributed by atoms with Crippen LogP contribution in [-0.4, -0.2) is 33.8 Å². The molecule has 0 aromatic heterocycles. The van der Waals surface area contributed by atoms with E-state index in [4.69, 9.17) is 9.47 Å². The van der Waals surface area contributed by atoms with Crippen LogP contribution in [0.15, 0.2) is 47.6 Å². The molecular formula is C26H28O6. The third kappa shape index (κ3) is 3.08. The number of ketones is 2. The second-order valence-corrected chi connectivity index (χ2v) is 9.72. The predicted molar refractivity (Wildman–Crippen MR) is 119 cm³/mol. The Morgan fingerprint density at radius 3 is 2.56 bits per heavy atom. The molecule has 6 heteroatoms. The molecule has 168 valence electrons. The molecule has 32 heavy (non-hydrogen) atoms. The summed E-state index contributed by atoms with van der Waals surface area (Å²) in [6.45, 7) is 9.90. The highest BCUT2D eigenvalue weighted by Gasteiger charge is 2.70. The lowest BCUT2D eigenvalue weighted by atomic mass is 9.49. The molecule has 1 N–H and O–H groups in total. The van der Waals surface area contributed by atoms with Crippen molar-refractivity contribution in [3.8, 4) is 11.5 Å². The molecule has 1 aromatic carbocycles. The number of Topliss-reactive ketones (excluding diaryl/α,β-unsaturated/α-hetero) is 1. The largest absolute Gasteiger partial charge is 0.477 e. The van der Waals surface area contributed by atoms with Crippen LogP contribution in [0.1, 0.15) is 58.1 Å². The van der Waals surface area contributed by atoms with Gasteiger partial charge in [-0.25, -0.2) is 0 Å². The van der Waals surface area contributed by atoms with Gasteiger partial charge in [-0.05, 0) is 64.0 Å². The molecule has 2 bridgehead atoms. The van der Waals surface area contributed by atoms with Gasteiger partial charge in [0.15, 0.2) is 11.4 Å². The summed E-state index contributed by atoms with van der Waals surface area (Å²) in [6, 6.07) is 3.48. The van der Waals surface area contributed by atoms with Crippen molar-refractivity contribution in [2.45, 2.75) is 65.1 Å². The lowest BCUT2D eigenvalue weighted by Gasteiger charge is -2.57. The molecule has 6 nitrogen and oxygen atoms in total. The van der Waals surface area contributed by atoms with Crippen LogP contribution in [0.25, 0.3) is 0 Å². The van der Waals surface area contributed by atoms with Crippen LogP contribution >= 0.6 is 0 Å². The molecule has 2 aliphatic carbocycles. The molecule has 3 aliphatic rings. The normalized spacial score (nSPS) is 29.0. The number of ether oxygens (including phenoxy) is 2. The van der Waals surface area contributed by atoms with Gasteiger partial charge in [-0.1, -0.05) is 23.8 Å². The molecule has 0 radical (unpaired) electrons. The van der Waals surface area contributed by atoms with Gasteiger partial charge in [-0.15, -0.1) is 0 Å². The number of carbonyl (C=O) groups is 3. The van der Waals surface area contributed by atoms with E-state index in [0.29, 0.717) is 28.2 Å². The number of rotatable bonds is 3. The zero-order chi connectivity index (χ0) is 23.6. The first-order valence-electron chi connectivity index (χ1n) is 10.7. The summed E-state index contributed by atoms with van der Waals surface area (Å²) in [6.07, 6.45) is 6.84. The number of aryl methyl sites for hydroxylation is 1. The van der Waals surface area contributed by atoms with Crippen LogP contribution in [0, 0.1) is 12.3 Å². The van der Waals surface area contributed by atoms with Crippen molar-refractivity contribution in [3.05, 3.63) is 58.7 Å². The first-order valence-corrected chi connectivity index (χ1v) is 10.7. The van der Waals surface area contributed by atoms with Crippen molar-refractivity contribution in [1.82, 2.24) is 0 Å². The zero-order valence-electron chi connectivity index (χ0n) is 19.2. The van der Waals surface area contributed by atoms with Gasteiger partial charge in [0.25, 0.3) is 0 Å². The molecule has 0 unspecified atom stereocenters. The van der Waals surface area contributed by atoms with Gasteiger partial charge < -0.3 is 14.6 Å². The van der Waals surface area contributed by atoms with E-state index in [1.54, 1.807) is 52.0 Å². The smallest absolute Gasteiger partial charge is 0.308 e. The molecule has 0 amide bonds. The summed E-state index contributed by atoms with van der Waals surface area (Å²) in [4.78, 5) is 39.0. The minimum absolute atomic E-state index is 0.234. The molecule has 0 fully saturated rings. The van der Waals surface area contributed by atoms with Crippen molar-refractivity contribution in [2.24, 2.45) is 5.41 Å². The van der Waals surface area contributed by atoms with Crippen LogP contribution in [-0.2, 0) is 14.4 Å². The second kappa shape index (κ2) is 7.01. The van der Waals surface area contributed by atoms with E-state index < -0.39 is 28.5 Å². The summed E-state index contributed by atoms with van der Waals surface area (Å²) in [5, 5.41) is 10.4. The minimum atomic E-state index is -1.45. The monoisotopic (exact) mass is 436 g/mol. The Morgan fingerprint density at radius 2 is 1.94 bits per heavy atom. The van der Waals surface area contributed by atoms with Crippen LogP contribution in [0.5, 0.6) is 11.5 Å². The van der Waals surface area contributed by atoms with E-state index in [2.05, 4.69) is 0 Å². The first-order chi connectivity index (χ1) is 14.8. The maximum absolute atomic E-state index is 13.7. The van der Waals surface area contributed by atoms with Crippen molar-refractivity contribution in [1.29, 1.82) is 0 Å². The molecule has 3 atom stereocenters. The maximum Gasteiger partial charge on any atom is 0.308 e. The molecule has 1 aliphatic heterocycles. The average molecular weight is 437 g/mol. The van der Waals surface area contributed by atoms with Gasteiger partial charge in [0, 0.05) is 24.8 Å². The van der Waals surface area contributed by atoms with Crippen LogP contribution in [0.2, 0.25) is 0 Å². The average Bonchev–Trinajstić information content (AvgIpc) is 2.65. The van der Waals surface area contributed by atoms with Crippen LogP contribution in [0.3, 0.4) is 0 Å². The van der Waals surface area contributed by atoms with Gasteiger partial charge in [0.05, 0.1) is 5.60 Å². The van der Waals surface area contributed by atoms with Gasteiger partial charge in [0.2, 0.25) is 5.78 Å². The minimum Gasteiger partial charge on any atom is -0.477 e. The van der Waals surface area contributed by atoms with Gasteiger partial charge in [0.1, 0.15) is 16.9 Å². The Kier molecular flexibility index (Phi) is 4.86. The fourth-order valence-electron chi connectivity index (χ4n) is 5.20. The first kappa shape index (κ1) is 22.2. The highest BCUT2D eigenvalue weighted by molar-refractivity contribution is 6.18. The molecule has 0 saturated carbocycles. The third-order valence-corrected chi connectivity index (χ3v) is 6.55. The topological polar surface area (TPSA) is 89.9 Å². The summed E-state index contributed by atoms with van der Waals surface area (Å²) < 4.78 is 11.9. The highest BCUT2D eigenvalue weighted by Crippen LogP contribution is 2.63. The lowest BCUT2D eigenvalue weighted by molar-refractivity contribution is -0.157. The Labute approximate surface area is 187 Å². The number of esters is 1. The Hall–Kier alpha value is -2.99. The molecule has 0 saturated heterocycles. The molecule has 4 rings (SSSR count). The molecular weight excluding hydrogens is 408 g/mol. The number of aliphatic hydroxyl groups is 1. The van der Waals surface area contributed by atoms with E-state index in [0.717, 1.165) is 5.57 Å². The number of allylic oxidation sites excluding steroid dienone is 2. The summed E-state index contributed by atoms with van der Waals surface area (Å²) >= 11 is 0. The number of carbonyl (C=O) groups excluding carboxylic acids is 3. The van der Waals surface area contributed by atoms with Crippen molar-refractivity contribution in [3.63, 3.8) is 0 Å². The van der Waals surface area contributed by atoms with Crippen molar-refractivity contribution < 1.29 is 29.0 Å². The number of hydrogen-bond donors (Lipinski definition) is 1. The van der Waals surface area contributed by atoms with E-state index in [-0.39, 0.29) is 18.0 Å². The SMILES string of the molecule is CC(=O)Oc1cc2c(cc1C)O[C@]13CC(C)=C[C@H]2[C@]1(/C=C\C(C)(C)O)C(=O)C=C(C)C3=O. The Balaban J connectivity index is 2.06. The molecule has 0 spiro atoms. The number of fused-ring (bicyclic) bond motifs is 2. The summed E-state index contributed by atoms with van der Waals surface area (Å²) in [5.74, 6) is -0.587. The van der Waals surface area contributed by atoms with Gasteiger partial charge in [-0.3, -0.25) is 14.4 Å². The fraction of sp³-hybridized carbons (Fsp3) is 0.423. The highest BCUT2D eigenvalue weighted by atomic mass is 16.5. The molecule has 1 aromatic rings. The fourth-order valence-corrected chi connectivity index (χ4v) is 5.20. The molecule has 1 heterocycles. The standard InChI is InChI=1S/C26H28O6/c1-14-9-19-18-12-20(31-17(4)27)15(2)10-21(18)32-26(13-14)23(29)16(3)11-22(28)25(19,26)8-7-24(5,6)30/h7-12,19,30H,13H2,1-6H3/b8-7-/t19-,25-,26+/m1/s1. The Bertz CT molecular complexity index is 1150. The van der Waals surface area contributed by atoms with E-state index >= 15 is 0 Å². The number of hydrogen-bond acceptors (Lipinski definition) is 6. The predicted octanol–water partition coefficient (Wildman–Crippen LogP) is 3.90. The lowest BCUT2D eigenvalue weighted by Crippen LogP contribution is -2.68. The quantitative estimate of drug-likeness (QED) is 0.439. The second-order valence-electron chi connectivity index (χ2n) is 9.72. The zero-order valence-corrected chi connectivity index (χ0v) is 19.2. The van der Waals surface area contributed by atoms with Crippen molar-refractivity contribution >= 4 is 17.5 Å². The van der Waals surface area contributed by atoms with Gasteiger partial charge in [-0.2, -0.15) is 0 Å². The van der Waals surface area contributed by atoms with E-state index in [1.165, 1.54) is 13.0 Å². The van der Waals surface area contributed by atoms with Crippen LogP contribution < -0.4 is 9.47 Å². The van der Waals surface area contributed by atoms with Crippen LogP contribution in [0.4, 0.5) is 0 Å². The van der Waals surface area contributed by atoms with Gasteiger partial charge >= 0.3 is 5.97 Å². The summed E-state index contributed by atoms with van der Waals surface area (Å²) in [5.41, 5.74) is -1.37. The van der Waals surface area contributed by atoms with E-state index in [9.17, 15) is 19.5 Å². The van der Waals surface area contributed by atoms with Crippen molar-refractivity contribution in [2.75, 3.05) is 0 Å². The van der Waals surface area contributed by atoms with E-state index in [1.807, 2.05) is 13.0 Å². The maximum atomic E-state index is 13.7. The number of benzene rings is 1. The summed E-state index contributed by atoms with van der Waals surface area (Å²) in [7, 11) is 0. The third-order valence-electron chi connectivity index (χ3n) is 6.55. The Morgan fingerprint density at radius 1 is 1.25 bits per heavy atom.